The van der Waals surface area contributed by atoms with E-state index in [2.05, 4.69) is 20.7 Å². The van der Waals surface area contributed by atoms with Gasteiger partial charge < -0.3 is 10.6 Å². The van der Waals surface area contributed by atoms with Gasteiger partial charge in [0.15, 0.2) is 0 Å². The number of nitrogens with zero attached hydrogens (tertiary/aromatic N) is 4. The molecular weight excluding hydrogens is 384 g/mol. The molecule has 9 nitrogen and oxygen atoms in total. The first-order valence-corrected chi connectivity index (χ1v) is 9.45. The van der Waals surface area contributed by atoms with Crippen LogP contribution in [0.4, 0.5) is 10.5 Å². The second kappa shape index (κ2) is 7.23. The molecule has 2 aliphatic rings. The Morgan fingerprint density at radius 2 is 2.07 bits per heavy atom. The van der Waals surface area contributed by atoms with Crippen molar-refractivity contribution in [2.75, 3.05) is 11.9 Å². The predicted molar refractivity (Wildman–Crippen MR) is 101 cm³/mol. The van der Waals surface area contributed by atoms with Gasteiger partial charge in [0.2, 0.25) is 5.91 Å². The van der Waals surface area contributed by atoms with Crippen LogP contribution in [0.5, 0.6) is 0 Å². The van der Waals surface area contributed by atoms with Gasteiger partial charge in [-0.25, -0.2) is 14.5 Å². The van der Waals surface area contributed by atoms with Gasteiger partial charge in [-0.3, -0.25) is 14.5 Å². The molecule has 0 atom stereocenters. The Hall–Kier alpha value is -2.94. The lowest BCUT2D eigenvalue weighted by molar-refractivity contribution is -0.131. The Bertz CT molecular complexity index is 923. The lowest BCUT2D eigenvalue weighted by Gasteiger charge is -2.20. The molecule has 1 aliphatic heterocycles. The Kier molecular flexibility index (Phi) is 4.76. The number of hydrogen-bond donors (Lipinski definition) is 2. The molecule has 0 radical (unpaired) electrons. The molecule has 2 N–H and O–H groups in total. The largest absolute Gasteiger partial charge is 0.325 e. The zero-order chi connectivity index (χ0) is 19.7. The van der Waals surface area contributed by atoms with Crippen molar-refractivity contribution in [1.82, 2.24) is 25.0 Å². The van der Waals surface area contributed by atoms with Gasteiger partial charge in [-0.05, 0) is 31.0 Å². The smallest absolute Gasteiger partial charge is 0.324 e. The number of rotatable bonds is 5. The highest BCUT2D eigenvalue weighted by atomic mass is 35.5. The van der Waals surface area contributed by atoms with Crippen molar-refractivity contribution >= 4 is 35.1 Å². The normalized spacial score (nSPS) is 18.0. The van der Waals surface area contributed by atoms with E-state index >= 15 is 0 Å². The minimum Gasteiger partial charge on any atom is -0.324 e. The van der Waals surface area contributed by atoms with Gasteiger partial charge in [-0.2, -0.15) is 5.10 Å². The number of imide groups is 1. The van der Waals surface area contributed by atoms with Crippen LogP contribution >= 0.6 is 11.6 Å². The van der Waals surface area contributed by atoms with Gasteiger partial charge in [0.25, 0.3) is 5.91 Å². The van der Waals surface area contributed by atoms with Gasteiger partial charge in [0.05, 0.1) is 11.4 Å². The zero-order valence-electron chi connectivity index (χ0n) is 15.0. The molecule has 2 aromatic rings. The summed E-state index contributed by atoms with van der Waals surface area (Å²) in [4.78, 5) is 42.3. The molecular formula is C18H19ClN6O3. The van der Waals surface area contributed by atoms with Crippen LogP contribution < -0.4 is 10.6 Å². The average molecular weight is 403 g/mol. The summed E-state index contributed by atoms with van der Waals surface area (Å²) < 4.78 is 1.51. The molecule has 28 heavy (non-hydrogen) atoms. The molecule has 4 rings (SSSR count). The molecule has 0 bridgehead atoms. The molecule has 10 heteroatoms. The Morgan fingerprint density at radius 3 is 2.79 bits per heavy atom. The van der Waals surface area contributed by atoms with E-state index in [1.807, 2.05) is 0 Å². The summed E-state index contributed by atoms with van der Waals surface area (Å²) in [5.74, 6) is -0.564. The number of halogens is 1. The minimum absolute atomic E-state index is 0.0153. The average Bonchev–Trinajstić information content (AvgIpc) is 3.38. The topological polar surface area (TPSA) is 109 Å². The van der Waals surface area contributed by atoms with E-state index in [0.29, 0.717) is 29.2 Å². The highest BCUT2D eigenvalue weighted by Gasteiger charge is 2.52. The van der Waals surface area contributed by atoms with Gasteiger partial charge >= 0.3 is 6.03 Å². The fourth-order valence-electron chi connectivity index (χ4n) is 3.76. The standard InChI is InChI=1S/C18H19ClN6O3/c19-12-3-4-14(25-11-20-10-21-25)13(9-12)22-15(26)5-8-24-16(27)18(23-17(24)28)6-1-2-7-18/h3-4,9-11H,1-2,5-8H2,(H,22,26)(H,23,28). The molecule has 1 saturated heterocycles. The number of amides is 4. The molecule has 1 saturated carbocycles. The molecule has 2 heterocycles. The van der Waals surface area contributed by atoms with Crippen LogP contribution in [-0.2, 0) is 9.59 Å². The van der Waals surface area contributed by atoms with Crippen LogP contribution in [0.1, 0.15) is 32.1 Å². The van der Waals surface area contributed by atoms with Crippen LogP contribution in [0.25, 0.3) is 5.69 Å². The third-order valence-corrected chi connectivity index (χ3v) is 5.40. The number of aromatic nitrogens is 3. The Morgan fingerprint density at radius 1 is 1.29 bits per heavy atom. The highest BCUT2D eigenvalue weighted by Crippen LogP contribution is 2.35. The first-order valence-electron chi connectivity index (χ1n) is 9.07. The van der Waals surface area contributed by atoms with Crippen molar-refractivity contribution < 1.29 is 14.4 Å². The molecule has 2 fully saturated rings. The van der Waals surface area contributed by atoms with Gasteiger partial charge in [0.1, 0.15) is 18.2 Å². The molecule has 0 unspecified atom stereocenters. The highest BCUT2D eigenvalue weighted by molar-refractivity contribution is 6.31. The summed E-state index contributed by atoms with van der Waals surface area (Å²) in [6.45, 7) is 0.0253. The number of anilines is 1. The van der Waals surface area contributed by atoms with Crippen LogP contribution in [0.2, 0.25) is 5.02 Å². The lowest BCUT2D eigenvalue weighted by atomic mass is 9.98. The molecule has 146 valence electrons. The van der Waals surface area contributed by atoms with E-state index in [9.17, 15) is 14.4 Å². The number of carbonyl (C=O) groups is 3. The van der Waals surface area contributed by atoms with Gasteiger partial charge in [0, 0.05) is 18.0 Å². The number of benzene rings is 1. The SMILES string of the molecule is O=C(CCN1C(=O)NC2(CCCC2)C1=O)Nc1cc(Cl)ccc1-n1cncn1. The van der Waals surface area contributed by atoms with E-state index in [4.69, 9.17) is 11.6 Å². The van der Waals surface area contributed by atoms with Crippen LogP contribution in [-0.4, -0.2) is 49.6 Å². The van der Waals surface area contributed by atoms with E-state index in [1.54, 1.807) is 18.2 Å². The zero-order valence-corrected chi connectivity index (χ0v) is 15.8. The summed E-state index contributed by atoms with van der Waals surface area (Å²) in [6, 6.07) is 4.58. The van der Waals surface area contributed by atoms with Gasteiger partial charge in [-0.15, -0.1) is 0 Å². The van der Waals surface area contributed by atoms with E-state index < -0.39 is 11.6 Å². The quantitative estimate of drug-likeness (QED) is 0.744. The van der Waals surface area contributed by atoms with Crippen molar-refractivity contribution in [3.8, 4) is 5.69 Å². The molecule has 1 aromatic heterocycles. The maximum Gasteiger partial charge on any atom is 0.325 e. The van der Waals surface area contributed by atoms with E-state index in [0.717, 1.165) is 17.7 Å². The van der Waals surface area contributed by atoms with Crippen molar-refractivity contribution in [1.29, 1.82) is 0 Å². The van der Waals surface area contributed by atoms with Crippen LogP contribution in [0.15, 0.2) is 30.9 Å². The van der Waals surface area contributed by atoms with E-state index in [1.165, 1.54) is 17.3 Å². The minimum atomic E-state index is -0.763. The van der Waals surface area contributed by atoms with Crippen LogP contribution in [0, 0.1) is 0 Å². The predicted octanol–water partition coefficient (Wildman–Crippen LogP) is 2.11. The molecule has 4 amide bonds. The summed E-state index contributed by atoms with van der Waals surface area (Å²) >= 11 is 6.05. The van der Waals surface area contributed by atoms with E-state index in [-0.39, 0.29) is 24.8 Å². The van der Waals surface area contributed by atoms with Crippen molar-refractivity contribution in [2.45, 2.75) is 37.6 Å². The number of nitrogens with one attached hydrogen (secondary N) is 2. The molecule has 1 aromatic carbocycles. The summed E-state index contributed by atoms with van der Waals surface area (Å²) in [5.41, 5.74) is 0.309. The summed E-state index contributed by atoms with van der Waals surface area (Å²) in [6.07, 6.45) is 6.02. The number of carbonyl (C=O) groups excluding carboxylic acids is 3. The monoisotopic (exact) mass is 402 g/mol. The van der Waals surface area contributed by atoms with Crippen molar-refractivity contribution in [2.24, 2.45) is 0 Å². The third-order valence-electron chi connectivity index (χ3n) is 5.16. The maximum absolute atomic E-state index is 12.6. The van der Waals surface area contributed by atoms with Gasteiger partial charge in [-0.1, -0.05) is 24.4 Å². The van der Waals surface area contributed by atoms with Crippen LogP contribution in [0.3, 0.4) is 0 Å². The number of hydrogen-bond acceptors (Lipinski definition) is 5. The maximum atomic E-state index is 12.6. The third kappa shape index (κ3) is 3.33. The first-order chi connectivity index (χ1) is 13.5. The Labute approximate surface area is 166 Å². The fraction of sp³-hybridized carbons (Fsp3) is 0.389. The Balaban J connectivity index is 1.42. The van der Waals surface area contributed by atoms with Crippen molar-refractivity contribution in [3.63, 3.8) is 0 Å². The molecule has 1 spiro atoms. The fourth-order valence-corrected chi connectivity index (χ4v) is 3.94. The molecule has 1 aliphatic carbocycles. The second-order valence-electron chi connectivity index (χ2n) is 6.98. The lowest BCUT2D eigenvalue weighted by Crippen LogP contribution is -2.44. The summed E-state index contributed by atoms with van der Waals surface area (Å²) in [5, 5.41) is 10.1. The first kappa shape index (κ1) is 18.4. The van der Waals surface area contributed by atoms with Crippen molar-refractivity contribution in [3.05, 3.63) is 35.9 Å². The number of urea groups is 1. The second-order valence-corrected chi connectivity index (χ2v) is 7.41. The summed E-state index contributed by atoms with van der Waals surface area (Å²) in [7, 11) is 0.